The third-order valence-corrected chi connectivity index (χ3v) is 5.87. The van der Waals surface area contributed by atoms with Gasteiger partial charge in [0, 0.05) is 24.1 Å². The van der Waals surface area contributed by atoms with Gasteiger partial charge in [0.25, 0.3) is 0 Å². The number of benzene rings is 2. The zero-order valence-electron chi connectivity index (χ0n) is 16.5. The highest BCUT2D eigenvalue weighted by atomic mass is 32.2. The quantitative estimate of drug-likeness (QED) is 0.456. The van der Waals surface area contributed by atoms with Crippen LogP contribution in [0.2, 0.25) is 0 Å². The predicted molar refractivity (Wildman–Crippen MR) is 114 cm³/mol. The van der Waals surface area contributed by atoms with Gasteiger partial charge < -0.3 is 4.57 Å². The summed E-state index contributed by atoms with van der Waals surface area (Å²) in [7, 11) is 2.02. The number of hydrogen-bond donors (Lipinski definition) is 0. The molecule has 28 heavy (non-hydrogen) atoms. The van der Waals surface area contributed by atoms with E-state index in [1.807, 2.05) is 30.8 Å². The lowest BCUT2D eigenvalue weighted by Crippen LogP contribution is -1.99. The Bertz CT molecular complexity index is 1110. The zero-order valence-corrected chi connectivity index (χ0v) is 17.4. The molecule has 0 spiro atoms. The van der Waals surface area contributed by atoms with E-state index in [0.717, 1.165) is 39.4 Å². The van der Waals surface area contributed by atoms with Crippen LogP contribution in [0.15, 0.2) is 59.8 Å². The lowest BCUT2D eigenvalue weighted by molar-refractivity contribution is 0.793. The summed E-state index contributed by atoms with van der Waals surface area (Å²) >= 11 is 1.70. The molecule has 0 saturated heterocycles. The molecule has 0 bridgehead atoms. The van der Waals surface area contributed by atoms with Gasteiger partial charge in [-0.2, -0.15) is 5.10 Å². The van der Waals surface area contributed by atoms with E-state index in [1.54, 1.807) is 11.8 Å². The summed E-state index contributed by atoms with van der Waals surface area (Å²) in [6.45, 7) is 6.19. The van der Waals surface area contributed by atoms with Crippen LogP contribution in [-0.4, -0.2) is 24.5 Å². The van der Waals surface area contributed by atoms with Gasteiger partial charge in [-0.3, -0.25) is 0 Å². The highest BCUT2D eigenvalue weighted by molar-refractivity contribution is 7.98. The van der Waals surface area contributed by atoms with E-state index in [0.29, 0.717) is 0 Å². The molecular weight excluding hydrogens is 366 g/mol. The van der Waals surface area contributed by atoms with Crippen molar-refractivity contribution in [2.24, 2.45) is 7.05 Å². The lowest BCUT2D eigenvalue weighted by Gasteiger charge is -2.07. The van der Waals surface area contributed by atoms with Crippen LogP contribution >= 0.6 is 11.8 Å². The Morgan fingerprint density at radius 3 is 2.36 bits per heavy atom. The van der Waals surface area contributed by atoms with Crippen LogP contribution in [0.4, 0.5) is 0 Å². The van der Waals surface area contributed by atoms with Gasteiger partial charge in [0.05, 0.1) is 11.4 Å². The van der Waals surface area contributed by atoms with Gasteiger partial charge in [0.15, 0.2) is 11.0 Å². The van der Waals surface area contributed by atoms with Crippen LogP contribution in [0.25, 0.3) is 17.1 Å². The normalized spacial score (nSPS) is 11.1. The monoisotopic (exact) mass is 389 g/mol. The fourth-order valence-electron chi connectivity index (χ4n) is 3.27. The number of rotatable bonds is 5. The van der Waals surface area contributed by atoms with Crippen LogP contribution < -0.4 is 0 Å². The summed E-state index contributed by atoms with van der Waals surface area (Å²) in [6, 6.07) is 18.9. The standard InChI is InChI=1S/C22H23N5S/c1-15-7-5-6-8-20(15)21-23-24-22(26(21)4)28-14-18-9-11-19(12-10-18)27-17(3)13-16(2)25-27/h5-13H,14H2,1-4H3. The van der Waals surface area contributed by atoms with Crippen molar-refractivity contribution in [1.29, 1.82) is 0 Å². The molecule has 2 aromatic carbocycles. The first kappa shape index (κ1) is 18.5. The largest absolute Gasteiger partial charge is 0.305 e. The molecule has 4 aromatic rings. The van der Waals surface area contributed by atoms with Crippen molar-refractivity contribution in [3.63, 3.8) is 0 Å². The van der Waals surface area contributed by atoms with Crippen molar-refractivity contribution in [1.82, 2.24) is 24.5 Å². The lowest BCUT2D eigenvalue weighted by atomic mass is 10.1. The molecule has 0 fully saturated rings. The first-order valence-corrected chi connectivity index (χ1v) is 10.2. The van der Waals surface area contributed by atoms with E-state index in [9.17, 15) is 0 Å². The second-order valence-electron chi connectivity index (χ2n) is 6.97. The smallest absolute Gasteiger partial charge is 0.191 e. The minimum absolute atomic E-state index is 0.844. The van der Waals surface area contributed by atoms with Crippen molar-refractivity contribution in [3.8, 4) is 17.1 Å². The summed E-state index contributed by atoms with van der Waals surface area (Å²) < 4.78 is 4.04. The van der Waals surface area contributed by atoms with E-state index in [-0.39, 0.29) is 0 Å². The van der Waals surface area contributed by atoms with Crippen molar-refractivity contribution in [2.45, 2.75) is 31.7 Å². The maximum Gasteiger partial charge on any atom is 0.191 e. The number of aryl methyl sites for hydroxylation is 3. The molecule has 0 aliphatic rings. The van der Waals surface area contributed by atoms with Crippen LogP contribution in [0.3, 0.4) is 0 Å². The second kappa shape index (κ2) is 7.64. The molecule has 0 amide bonds. The first-order valence-electron chi connectivity index (χ1n) is 9.23. The van der Waals surface area contributed by atoms with Crippen LogP contribution in [-0.2, 0) is 12.8 Å². The Balaban J connectivity index is 1.48. The molecular formula is C22H23N5S. The third kappa shape index (κ3) is 3.60. The van der Waals surface area contributed by atoms with Crippen molar-refractivity contribution in [2.75, 3.05) is 0 Å². The van der Waals surface area contributed by atoms with Crippen molar-refractivity contribution >= 4 is 11.8 Å². The van der Waals surface area contributed by atoms with Crippen LogP contribution in [0.5, 0.6) is 0 Å². The number of nitrogens with zero attached hydrogens (tertiary/aromatic N) is 5. The van der Waals surface area contributed by atoms with E-state index in [2.05, 4.69) is 76.2 Å². The molecule has 6 heteroatoms. The van der Waals surface area contributed by atoms with Crippen LogP contribution in [0, 0.1) is 20.8 Å². The van der Waals surface area contributed by atoms with E-state index >= 15 is 0 Å². The molecule has 0 radical (unpaired) electrons. The SMILES string of the molecule is Cc1cc(C)n(-c2ccc(CSc3nnc(-c4ccccc4C)n3C)cc2)n1. The van der Waals surface area contributed by atoms with Crippen molar-refractivity contribution < 1.29 is 0 Å². The average molecular weight is 390 g/mol. The summed E-state index contributed by atoms with van der Waals surface area (Å²) in [5.74, 6) is 1.75. The molecule has 2 aromatic heterocycles. The molecule has 0 aliphatic carbocycles. The Labute approximate surface area is 169 Å². The molecule has 142 valence electrons. The Morgan fingerprint density at radius 2 is 1.68 bits per heavy atom. The number of hydrogen-bond acceptors (Lipinski definition) is 4. The summed E-state index contributed by atoms with van der Waals surface area (Å²) in [5, 5.41) is 14.3. The van der Waals surface area contributed by atoms with E-state index in [1.165, 1.54) is 11.1 Å². The fourth-order valence-corrected chi connectivity index (χ4v) is 4.14. The molecule has 0 unspecified atom stereocenters. The van der Waals surface area contributed by atoms with Gasteiger partial charge in [-0.15, -0.1) is 10.2 Å². The van der Waals surface area contributed by atoms with Crippen LogP contribution in [0.1, 0.15) is 22.5 Å². The number of aromatic nitrogens is 5. The Kier molecular flexibility index (Phi) is 5.05. The predicted octanol–water partition coefficient (Wildman–Crippen LogP) is 4.89. The Morgan fingerprint density at radius 1 is 0.929 bits per heavy atom. The van der Waals surface area contributed by atoms with Crippen molar-refractivity contribution in [3.05, 3.63) is 77.1 Å². The zero-order chi connectivity index (χ0) is 19.7. The van der Waals surface area contributed by atoms with Gasteiger partial charge in [0.1, 0.15) is 0 Å². The highest BCUT2D eigenvalue weighted by Gasteiger charge is 2.13. The molecule has 0 aliphatic heterocycles. The summed E-state index contributed by atoms with van der Waals surface area (Å²) in [5.41, 5.74) is 6.83. The average Bonchev–Trinajstić information content (AvgIpc) is 3.22. The van der Waals surface area contributed by atoms with Gasteiger partial charge in [-0.25, -0.2) is 4.68 Å². The number of thioether (sulfide) groups is 1. The Hall–Kier alpha value is -2.86. The topological polar surface area (TPSA) is 48.5 Å². The maximum absolute atomic E-state index is 4.54. The van der Waals surface area contributed by atoms with E-state index < -0.39 is 0 Å². The first-order chi connectivity index (χ1) is 13.5. The fraction of sp³-hybridized carbons (Fsp3) is 0.227. The van der Waals surface area contributed by atoms with Gasteiger partial charge >= 0.3 is 0 Å². The van der Waals surface area contributed by atoms with Gasteiger partial charge in [-0.1, -0.05) is 48.2 Å². The summed E-state index contributed by atoms with van der Waals surface area (Å²) in [6.07, 6.45) is 0. The van der Waals surface area contributed by atoms with E-state index in [4.69, 9.17) is 0 Å². The van der Waals surface area contributed by atoms with Gasteiger partial charge in [0.2, 0.25) is 0 Å². The second-order valence-corrected chi connectivity index (χ2v) is 7.92. The minimum atomic E-state index is 0.844. The molecule has 0 N–H and O–H groups in total. The minimum Gasteiger partial charge on any atom is -0.305 e. The molecule has 5 nitrogen and oxygen atoms in total. The highest BCUT2D eigenvalue weighted by Crippen LogP contribution is 2.27. The third-order valence-electron chi connectivity index (χ3n) is 4.78. The molecule has 4 rings (SSSR count). The maximum atomic E-state index is 4.54. The van der Waals surface area contributed by atoms with Gasteiger partial charge in [-0.05, 0) is 50.1 Å². The summed E-state index contributed by atoms with van der Waals surface area (Å²) in [4.78, 5) is 0. The molecule has 0 saturated carbocycles. The molecule has 0 atom stereocenters. The molecule has 2 heterocycles.